The fourth-order valence-corrected chi connectivity index (χ4v) is 2.72. The first-order valence-electron chi connectivity index (χ1n) is 6.50. The van der Waals surface area contributed by atoms with Crippen molar-refractivity contribution in [3.8, 4) is 0 Å². The van der Waals surface area contributed by atoms with Crippen LogP contribution in [0.15, 0.2) is 50.0 Å². The Morgan fingerprint density at radius 3 is 2.30 bits per heavy atom. The lowest BCUT2D eigenvalue weighted by Crippen LogP contribution is -1.99. The molecule has 2 aromatic carbocycles. The average molecular weight is 264 g/mol. The zero-order valence-corrected chi connectivity index (χ0v) is 11.2. The van der Waals surface area contributed by atoms with E-state index in [-0.39, 0.29) is 5.63 Å². The minimum absolute atomic E-state index is 0.313. The average Bonchev–Trinajstić information content (AvgIpc) is 2.72. The number of benzene rings is 2. The summed E-state index contributed by atoms with van der Waals surface area (Å²) in [7, 11) is 0. The minimum atomic E-state index is -0.313. The van der Waals surface area contributed by atoms with Gasteiger partial charge >= 0.3 is 5.63 Å². The second kappa shape index (κ2) is 3.73. The third-order valence-corrected chi connectivity index (χ3v) is 3.92. The molecule has 0 saturated carbocycles. The predicted octanol–water partition coefficient (Wildman–Crippen LogP) is 4.31. The topological polar surface area (TPSA) is 43.4 Å². The fraction of sp³-hybridized carbons (Fsp3) is 0.118. The largest absolute Gasteiger partial charge is 0.461 e. The molecule has 0 spiro atoms. The van der Waals surface area contributed by atoms with Crippen LogP contribution in [-0.2, 0) is 0 Å². The SMILES string of the molecule is Cc1oc2cc3oc(=O)c4ccccc4c3cc2c1C. The van der Waals surface area contributed by atoms with Crippen molar-refractivity contribution in [3.63, 3.8) is 0 Å². The van der Waals surface area contributed by atoms with E-state index in [4.69, 9.17) is 8.83 Å². The Bertz CT molecular complexity index is 1030. The first kappa shape index (κ1) is 11.3. The van der Waals surface area contributed by atoms with Crippen LogP contribution in [0.5, 0.6) is 0 Å². The van der Waals surface area contributed by atoms with Gasteiger partial charge in [-0.3, -0.25) is 0 Å². The molecule has 98 valence electrons. The van der Waals surface area contributed by atoms with Gasteiger partial charge in [0.05, 0.1) is 5.39 Å². The van der Waals surface area contributed by atoms with Gasteiger partial charge in [0.25, 0.3) is 0 Å². The molecule has 0 radical (unpaired) electrons. The van der Waals surface area contributed by atoms with E-state index >= 15 is 0 Å². The lowest BCUT2D eigenvalue weighted by molar-refractivity contribution is 0.561. The minimum Gasteiger partial charge on any atom is -0.461 e. The molecule has 2 aromatic heterocycles. The molecule has 0 saturated heterocycles. The molecule has 0 fully saturated rings. The highest BCUT2D eigenvalue weighted by Crippen LogP contribution is 2.31. The second-order valence-electron chi connectivity index (χ2n) is 5.06. The van der Waals surface area contributed by atoms with Crippen LogP contribution >= 0.6 is 0 Å². The summed E-state index contributed by atoms with van der Waals surface area (Å²) in [6.07, 6.45) is 0. The van der Waals surface area contributed by atoms with Gasteiger partial charge in [-0.25, -0.2) is 4.79 Å². The molecule has 3 nitrogen and oxygen atoms in total. The quantitative estimate of drug-likeness (QED) is 0.351. The Labute approximate surface area is 114 Å². The zero-order valence-electron chi connectivity index (χ0n) is 11.2. The van der Waals surface area contributed by atoms with Gasteiger partial charge in [-0.1, -0.05) is 18.2 Å². The van der Waals surface area contributed by atoms with Crippen LogP contribution < -0.4 is 5.63 Å². The summed E-state index contributed by atoms with van der Waals surface area (Å²) in [5.74, 6) is 0.891. The van der Waals surface area contributed by atoms with Gasteiger partial charge in [-0.05, 0) is 36.9 Å². The third kappa shape index (κ3) is 1.37. The van der Waals surface area contributed by atoms with Crippen molar-refractivity contribution < 1.29 is 8.83 Å². The first-order chi connectivity index (χ1) is 9.65. The molecule has 0 bridgehead atoms. The van der Waals surface area contributed by atoms with Crippen molar-refractivity contribution in [1.82, 2.24) is 0 Å². The van der Waals surface area contributed by atoms with Gasteiger partial charge in [-0.2, -0.15) is 0 Å². The molecule has 4 rings (SSSR count). The zero-order chi connectivity index (χ0) is 13.9. The van der Waals surface area contributed by atoms with Gasteiger partial charge < -0.3 is 8.83 Å². The molecule has 0 N–H and O–H groups in total. The third-order valence-electron chi connectivity index (χ3n) is 3.92. The monoisotopic (exact) mass is 264 g/mol. The van der Waals surface area contributed by atoms with E-state index in [0.717, 1.165) is 33.1 Å². The second-order valence-corrected chi connectivity index (χ2v) is 5.06. The van der Waals surface area contributed by atoms with Crippen molar-refractivity contribution in [1.29, 1.82) is 0 Å². The maximum absolute atomic E-state index is 12.0. The lowest BCUT2D eigenvalue weighted by Gasteiger charge is -2.02. The maximum Gasteiger partial charge on any atom is 0.344 e. The van der Waals surface area contributed by atoms with Crippen LogP contribution in [0, 0.1) is 13.8 Å². The smallest absolute Gasteiger partial charge is 0.344 e. The van der Waals surface area contributed by atoms with Crippen LogP contribution in [-0.4, -0.2) is 0 Å². The Morgan fingerprint density at radius 1 is 0.800 bits per heavy atom. The van der Waals surface area contributed by atoms with Crippen molar-refractivity contribution in [2.24, 2.45) is 0 Å². The van der Waals surface area contributed by atoms with Crippen molar-refractivity contribution >= 4 is 32.7 Å². The van der Waals surface area contributed by atoms with Gasteiger partial charge in [-0.15, -0.1) is 0 Å². The summed E-state index contributed by atoms with van der Waals surface area (Å²) in [5.41, 5.74) is 2.13. The molecule has 0 unspecified atom stereocenters. The molecular weight excluding hydrogens is 252 g/mol. The molecule has 20 heavy (non-hydrogen) atoms. The van der Waals surface area contributed by atoms with Crippen LogP contribution in [0.1, 0.15) is 11.3 Å². The number of hydrogen-bond acceptors (Lipinski definition) is 3. The highest BCUT2D eigenvalue weighted by Gasteiger charge is 2.12. The van der Waals surface area contributed by atoms with E-state index in [0.29, 0.717) is 11.0 Å². The molecule has 0 atom stereocenters. The van der Waals surface area contributed by atoms with E-state index in [1.165, 1.54) is 0 Å². The van der Waals surface area contributed by atoms with E-state index in [1.54, 1.807) is 12.1 Å². The van der Waals surface area contributed by atoms with Crippen molar-refractivity contribution in [2.75, 3.05) is 0 Å². The van der Waals surface area contributed by atoms with Crippen LogP contribution in [0.4, 0.5) is 0 Å². The molecule has 0 aliphatic heterocycles. The van der Waals surface area contributed by atoms with E-state index in [9.17, 15) is 4.79 Å². The Morgan fingerprint density at radius 2 is 1.50 bits per heavy atom. The van der Waals surface area contributed by atoms with E-state index in [2.05, 4.69) is 0 Å². The van der Waals surface area contributed by atoms with Crippen LogP contribution in [0.2, 0.25) is 0 Å². The van der Waals surface area contributed by atoms with E-state index in [1.807, 2.05) is 38.1 Å². The Kier molecular flexibility index (Phi) is 2.11. The summed E-state index contributed by atoms with van der Waals surface area (Å²) in [6.45, 7) is 3.97. The van der Waals surface area contributed by atoms with Crippen LogP contribution in [0.25, 0.3) is 32.7 Å². The van der Waals surface area contributed by atoms with Gasteiger partial charge in [0.1, 0.15) is 16.9 Å². The van der Waals surface area contributed by atoms with Crippen molar-refractivity contribution in [3.05, 3.63) is 58.1 Å². The normalized spacial score (nSPS) is 11.7. The molecule has 0 aliphatic rings. The standard InChI is InChI=1S/C17H12O3/c1-9-10(2)19-15-8-16-14(7-13(9)15)11-5-3-4-6-12(11)17(18)20-16/h3-8H,1-2H3. The highest BCUT2D eigenvalue weighted by molar-refractivity contribution is 6.08. The summed E-state index contributed by atoms with van der Waals surface area (Å²) < 4.78 is 11.1. The lowest BCUT2D eigenvalue weighted by atomic mass is 10.0. The Balaban J connectivity index is 2.32. The van der Waals surface area contributed by atoms with E-state index < -0.39 is 0 Å². The number of rotatable bonds is 0. The van der Waals surface area contributed by atoms with Crippen LogP contribution in [0.3, 0.4) is 0 Å². The fourth-order valence-electron chi connectivity index (χ4n) is 2.72. The summed E-state index contributed by atoms with van der Waals surface area (Å²) >= 11 is 0. The predicted molar refractivity (Wildman–Crippen MR) is 79.2 cm³/mol. The number of aryl methyl sites for hydroxylation is 2. The molecule has 2 heterocycles. The molecular formula is C17H12O3. The molecule has 4 aromatic rings. The molecule has 0 aliphatic carbocycles. The molecule has 0 amide bonds. The van der Waals surface area contributed by atoms with Gasteiger partial charge in [0.15, 0.2) is 0 Å². The number of hydrogen-bond donors (Lipinski definition) is 0. The summed E-state index contributed by atoms with van der Waals surface area (Å²) in [6, 6.07) is 11.4. The first-order valence-corrected chi connectivity index (χ1v) is 6.50. The van der Waals surface area contributed by atoms with Gasteiger partial charge in [0.2, 0.25) is 0 Å². The van der Waals surface area contributed by atoms with Crippen molar-refractivity contribution in [2.45, 2.75) is 13.8 Å². The Hall–Kier alpha value is -2.55. The summed E-state index contributed by atoms with van der Waals surface area (Å²) in [5, 5.41) is 3.53. The summed E-state index contributed by atoms with van der Waals surface area (Å²) in [4.78, 5) is 12.0. The van der Waals surface area contributed by atoms with Gasteiger partial charge in [0, 0.05) is 16.8 Å². The molecule has 3 heteroatoms. The number of fused-ring (bicyclic) bond motifs is 4. The highest BCUT2D eigenvalue weighted by atomic mass is 16.4. The number of furan rings is 1. The maximum atomic E-state index is 12.0.